The topological polar surface area (TPSA) is 206 Å². The minimum atomic E-state index is -0.951. The third kappa shape index (κ3) is 25.1. The molecule has 0 radical (unpaired) electrons. The van der Waals surface area contributed by atoms with Crippen molar-refractivity contribution in [2.75, 3.05) is 33.0 Å². The lowest BCUT2D eigenvalue weighted by atomic mass is 10.2. The normalized spacial score (nSPS) is 12.4. The molecular weight excluding hydrogens is 502 g/mol. The SMILES string of the molecule is CC(C)(C)OC(=O)NC(COC(=O)CCCCCON(O)O)COC(=O)OCCCCCCON(O)O. The van der Waals surface area contributed by atoms with Gasteiger partial charge in [-0.05, 0) is 52.9 Å². The van der Waals surface area contributed by atoms with Crippen LogP contribution in [0.3, 0.4) is 0 Å². The first-order chi connectivity index (χ1) is 17.4. The van der Waals surface area contributed by atoms with Gasteiger partial charge in [0, 0.05) is 6.42 Å². The van der Waals surface area contributed by atoms with E-state index in [4.69, 9.17) is 39.8 Å². The number of carbonyl (C=O) groups is 3. The van der Waals surface area contributed by atoms with Gasteiger partial charge in [0.1, 0.15) is 24.9 Å². The zero-order valence-electron chi connectivity index (χ0n) is 21.6. The molecule has 0 rings (SSSR count). The summed E-state index contributed by atoms with van der Waals surface area (Å²) in [6, 6.07) is -0.877. The van der Waals surface area contributed by atoms with E-state index in [0.29, 0.717) is 38.5 Å². The van der Waals surface area contributed by atoms with Gasteiger partial charge in [0.15, 0.2) is 0 Å². The van der Waals surface area contributed by atoms with Crippen LogP contribution >= 0.6 is 0 Å². The smallest absolute Gasteiger partial charge is 0.463 e. The maximum absolute atomic E-state index is 12.1. The van der Waals surface area contributed by atoms with E-state index in [9.17, 15) is 14.4 Å². The number of alkyl carbamates (subject to hydrolysis) is 1. The van der Waals surface area contributed by atoms with E-state index >= 15 is 0 Å². The second kappa shape index (κ2) is 20.7. The third-order valence-electron chi connectivity index (χ3n) is 4.27. The summed E-state index contributed by atoms with van der Waals surface area (Å²) in [6.07, 6.45) is 2.47. The fourth-order valence-corrected chi connectivity index (χ4v) is 2.64. The fraction of sp³-hybridized carbons (Fsp3) is 0.857. The number of carbonyl (C=O) groups excluding carboxylic acids is 3. The molecule has 16 nitrogen and oxygen atoms in total. The number of hydrogen-bond donors (Lipinski definition) is 5. The Balaban J connectivity index is 4.33. The highest BCUT2D eigenvalue weighted by Gasteiger charge is 2.22. The largest absolute Gasteiger partial charge is 0.508 e. The predicted molar refractivity (Wildman–Crippen MR) is 121 cm³/mol. The van der Waals surface area contributed by atoms with E-state index < -0.39 is 29.9 Å². The van der Waals surface area contributed by atoms with Crippen LogP contribution in [-0.2, 0) is 33.4 Å². The highest BCUT2D eigenvalue weighted by molar-refractivity contribution is 5.70. The van der Waals surface area contributed by atoms with Crippen molar-refractivity contribution in [1.29, 1.82) is 0 Å². The van der Waals surface area contributed by atoms with Crippen LogP contribution in [0.2, 0.25) is 0 Å². The summed E-state index contributed by atoms with van der Waals surface area (Å²) in [6.45, 7) is 4.76. The molecule has 0 saturated heterocycles. The number of hydrogen-bond acceptors (Lipinski definition) is 15. The van der Waals surface area contributed by atoms with Crippen LogP contribution in [0.4, 0.5) is 9.59 Å². The standard InChI is InChI=1S/C21H41N3O13/c1-21(2,3)37-19(26)22-17(15-33-18(25)11-7-6-10-14-36-24(30)31)16-34-20(27)32-12-8-4-5-9-13-35-23(28)29/h17,28-31H,4-16H2,1-3H3,(H,22,26). The van der Waals surface area contributed by atoms with Gasteiger partial charge in [-0.3, -0.25) is 35.3 Å². The zero-order chi connectivity index (χ0) is 28.1. The molecule has 0 aromatic rings. The number of rotatable bonds is 20. The molecule has 0 spiro atoms. The maximum Gasteiger partial charge on any atom is 0.508 e. The Bertz CT molecular complexity index is 629. The summed E-state index contributed by atoms with van der Waals surface area (Å²) >= 11 is 0. The van der Waals surface area contributed by atoms with Gasteiger partial charge in [0.25, 0.3) is 0 Å². The summed E-state index contributed by atoms with van der Waals surface area (Å²) in [5.74, 6) is -0.526. The lowest BCUT2D eigenvalue weighted by molar-refractivity contribution is -0.492. The molecule has 1 atom stereocenters. The molecule has 0 aliphatic rings. The second-order valence-electron chi connectivity index (χ2n) is 8.83. The summed E-state index contributed by atoms with van der Waals surface area (Å²) in [5, 5.41) is 35.4. The quantitative estimate of drug-likeness (QED) is 0.0647. The van der Waals surface area contributed by atoms with Crippen molar-refractivity contribution in [3.63, 3.8) is 0 Å². The molecule has 0 aliphatic carbocycles. The lowest BCUT2D eigenvalue weighted by Gasteiger charge is -2.23. The number of esters is 1. The molecule has 0 bridgehead atoms. The number of ether oxygens (including phenoxy) is 4. The molecule has 0 heterocycles. The van der Waals surface area contributed by atoms with E-state index in [2.05, 4.69) is 15.0 Å². The fourth-order valence-electron chi connectivity index (χ4n) is 2.64. The van der Waals surface area contributed by atoms with Crippen molar-refractivity contribution >= 4 is 18.2 Å². The first kappa shape index (κ1) is 34.7. The van der Waals surface area contributed by atoms with Crippen LogP contribution in [0.1, 0.15) is 72.1 Å². The van der Waals surface area contributed by atoms with Crippen LogP contribution in [0.5, 0.6) is 0 Å². The number of nitrogens with one attached hydrogen (secondary N) is 1. The van der Waals surface area contributed by atoms with Crippen molar-refractivity contribution in [3.8, 4) is 0 Å². The molecule has 0 saturated carbocycles. The molecule has 218 valence electrons. The van der Waals surface area contributed by atoms with Gasteiger partial charge in [0.05, 0.1) is 30.6 Å². The molecule has 0 fully saturated rings. The summed E-state index contributed by atoms with van der Waals surface area (Å²) in [4.78, 5) is 44.8. The molecular formula is C21H41N3O13. The van der Waals surface area contributed by atoms with Gasteiger partial charge in [-0.1, -0.05) is 12.8 Å². The second-order valence-corrected chi connectivity index (χ2v) is 8.83. The van der Waals surface area contributed by atoms with Gasteiger partial charge in [-0.25, -0.2) is 9.59 Å². The molecule has 5 N–H and O–H groups in total. The first-order valence-corrected chi connectivity index (χ1v) is 12.0. The Morgan fingerprint density at radius 1 is 0.730 bits per heavy atom. The van der Waals surface area contributed by atoms with Crippen LogP contribution in [0.25, 0.3) is 0 Å². The maximum atomic E-state index is 12.1. The third-order valence-corrected chi connectivity index (χ3v) is 4.27. The van der Waals surface area contributed by atoms with Crippen LogP contribution < -0.4 is 5.32 Å². The van der Waals surface area contributed by atoms with E-state index in [0.717, 1.165) is 6.42 Å². The van der Waals surface area contributed by atoms with Gasteiger partial charge < -0.3 is 24.3 Å². The number of amides is 1. The Hall–Kier alpha value is -2.31. The van der Waals surface area contributed by atoms with Gasteiger partial charge >= 0.3 is 18.2 Å². The predicted octanol–water partition coefficient (Wildman–Crippen LogP) is 2.72. The zero-order valence-corrected chi connectivity index (χ0v) is 21.6. The Kier molecular flexibility index (Phi) is 19.4. The van der Waals surface area contributed by atoms with E-state index in [1.165, 1.54) is 0 Å². The van der Waals surface area contributed by atoms with Crippen LogP contribution in [-0.4, -0.2) is 94.5 Å². The summed E-state index contributed by atoms with van der Waals surface area (Å²) in [5.41, 5.74) is -0.764. The van der Waals surface area contributed by atoms with E-state index in [-0.39, 0.29) is 50.2 Å². The lowest BCUT2D eigenvalue weighted by Crippen LogP contribution is -2.44. The van der Waals surface area contributed by atoms with Gasteiger partial charge in [0.2, 0.25) is 0 Å². The van der Waals surface area contributed by atoms with Gasteiger partial charge in [-0.2, -0.15) is 0 Å². The van der Waals surface area contributed by atoms with Crippen LogP contribution in [0.15, 0.2) is 0 Å². The van der Waals surface area contributed by atoms with Crippen molar-refractivity contribution in [2.24, 2.45) is 0 Å². The Labute approximate surface area is 215 Å². The molecule has 0 aromatic carbocycles. The van der Waals surface area contributed by atoms with E-state index in [1.807, 2.05) is 0 Å². The highest BCUT2D eigenvalue weighted by Crippen LogP contribution is 2.08. The van der Waals surface area contributed by atoms with Crippen molar-refractivity contribution in [3.05, 3.63) is 0 Å². The van der Waals surface area contributed by atoms with Crippen molar-refractivity contribution < 1.29 is 63.8 Å². The molecule has 1 amide bonds. The minimum Gasteiger partial charge on any atom is -0.463 e. The number of unbranched alkanes of at least 4 members (excludes halogenated alkanes) is 5. The molecule has 0 aliphatic heterocycles. The highest BCUT2D eigenvalue weighted by atomic mass is 17.1. The van der Waals surface area contributed by atoms with E-state index in [1.54, 1.807) is 20.8 Å². The van der Waals surface area contributed by atoms with Crippen molar-refractivity contribution in [1.82, 2.24) is 16.1 Å². The summed E-state index contributed by atoms with van der Waals surface area (Å²) < 4.78 is 20.3. The number of nitrogens with zero attached hydrogens (tertiary/aromatic N) is 2. The molecule has 16 heteroatoms. The molecule has 1 unspecified atom stereocenters. The summed E-state index contributed by atoms with van der Waals surface area (Å²) in [7, 11) is 0. The average Bonchev–Trinajstić information content (AvgIpc) is 2.78. The van der Waals surface area contributed by atoms with Crippen LogP contribution in [0, 0.1) is 0 Å². The monoisotopic (exact) mass is 543 g/mol. The molecule has 0 aromatic heterocycles. The van der Waals surface area contributed by atoms with Crippen molar-refractivity contribution in [2.45, 2.75) is 83.8 Å². The Morgan fingerprint density at radius 3 is 1.78 bits per heavy atom. The first-order valence-electron chi connectivity index (χ1n) is 12.0. The average molecular weight is 544 g/mol. The minimum absolute atomic E-state index is 0.0699. The Morgan fingerprint density at radius 2 is 1.24 bits per heavy atom. The molecule has 37 heavy (non-hydrogen) atoms. The van der Waals surface area contributed by atoms with Gasteiger partial charge in [-0.15, -0.1) is 0 Å².